The lowest BCUT2D eigenvalue weighted by atomic mass is 10.2. The molecule has 3 heterocycles. The first-order valence-corrected chi connectivity index (χ1v) is 10.9. The number of pyridine rings is 1. The van der Waals surface area contributed by atoms with Crippen LogP contribution in [0.5, 0.6) is 0 Å². The summed E-state index contributed by atoms with van der Waals surface area (Å²) in [6, 6.07) is 11.4. The zero-order valence-corrected chi connectivity index (χ0v) is 19.0. The van der Waals surface area contributed by atoms with Gasteiger partial charge < -0.3 is 5.73 Å². The van der Waals surface area contributed by atoms with Crippen LogP contribution in [0.1, 0.15) is 15.9 Å². The third kappa shape index (κ3) is 3.98. The maximum absolute atomic E-state index is 13.0. The maximum Gasteiger partial charge on any atom is 0.332 e. The summed E-state index contributed by atoms with van der Waals surface area (Å²) < 4.78 is 3.80. The molecule has 3 aromatic heterocycles. The second kappa shape index (κ2) is 8.87. The van der Waals surface area contributed by atoms with Gasteiger partial charge in [0.05, 0.1) is 11.4 Å². The van der Waals surface area contributed by atoms with Crippen molar-refractivity contribution in [3.05, 3.63) is 80.8 Å². The molecule has 4 rings (SSSR count). The monoisotopic (exact) mass is 463 g/mol. The highest BCUT2D eigenvalue weighted by atomic mass is 32.2. The molecule has 0 saturated heterocycles. The minimum absolute atomic E-state index is 0.116. The number of hydrogen-bond acceptors (Lipinski definition) is 8. The molecule has 4 aromatic rings. The van der Waals surface area contributed by atoms with E-state index in [0.29, 0.717) is 11.0 Å². The Bertz CT molecular complexity index is 1470. The van der Waals surface area contributed by atoms with Crippen molar-refractivity contribution in [3.63, 3.8) is 0 Å². The number of nitrogens with zero attached hydrogens (tertiary/aromatic N) is 6. The lowest BCUT2D eigenvalue weighted by Crippen LogP contribution is -2.41. The van der Waals surface area contributed by atoms with Crippen molar-refractivity contribution in [2.24, 2.45) is 14.1 Å². The van der Waals surface area contributed by atoms with Crippen molar-refractivity contribution in [1.82, 2.24) is 28.9 Å². The number of rotatable bonds is 6. The van der Waals surface area contributed by atoms with Crippen molar-refractivity contribution in [3.8, 4) is 17.1 Å². The minimum Gasteiger partial charge on any atom is -0.384 e. The molecule has 0 aliphatic rings. The molecule has 0 aliphatic carbocycles. The van der Waals surface area contributed by atoms with E-state index in [9.17, 15) is 14.4 Å². The van der Waals surface area contributed by atoms with E-state index in [2.05, 4.69) is 15.2 Å². The molecule has 0 saturated carbocycles. The number of anilines is 1. The number of para-hydroxylation sites is 1. The second-order valence-electron chi connectivity index (χ2n) is 7.35. The van der Waals surface area contributed by atoms with Gasteiger partial charge in [-0.2, -0.15) is 0 Å². The Labute approximate surface area is 192 Å². The number of ketones is 1. The molecule has 0 amide bonds. The number of thioether (sulfide) groups is 1. The Morgan fingerprint density at radius 1 is 1.06 bits per heavy atom. The van der Waals surface area contributed by atoms with Crippen LogP contribution < -0.4 is 17.0 Å². The van der Waals surface area contributed by atoms with Gasteiger partial charge in [-0.05, 0) is 30.7 Å². The van der Waals surface area contributed by atoms with E-state index in [1.807, 2.05) is 41.8 Å². The smallest absolute Gasteiger partial charge is 0.332 e. The quantitative estimate of drug-likeness (QED) is 0.337. The average molecular weight is 464 g/mol. The first kappa shape index (κ1) is 22.2. The number of carbonyl (C=O) groups is 1. The number of carbonyl (C=O) groups excluding carboxylic acids is 1. The van der Waals surface area contributed by atoms with Crippen LogP contribution in [-0.2, 0) is 14.1 Å². The lowest BCUT2D eigenvalue weighted by Gasteiger charge is -2.13. The van der Waals surface area contributed by atoms with E-state index in [0.717, 1.165) is 37.7 Å². The maximum atomic E-state index is 13.0. The molecule has 0 unspecified atom stereocenters. The van der Waals surface area contributed by atoms with Crippen LogP contribution in [0.4, 0.5) is 5.82 Å². The van der Waals surface area contributed by atoms with Crippen molar-refractivity contribution in [2.75, 3.05) is 11.5 Å². The predicted octanol–water partition coefficient (Wildman–Crippen LogP) is 1.59. The summed E-state index contributed by atoms with van der Waals surface area (Å²) in [6.45, 7) is 1.97. The molecule has 0 atom stereocenters. The van der Waals surface area contributed by atoms with Gasteiger partial charge in [0, 0.05) is 32.1 Å². The molecule has 11 heteroatoms. The molecule has 0 aliphatic heterocycles. The van der Waals surface area contributed by atoms with E-state index < -0.39 is 17.0 Å². The normalized spacial score (nSPS) is 11.0. The summed E-state index contributed by atoms with van der Waals surface area (Å²) in [5.74, 6) is -0.208. The molecule has 0 bridgehead atoms. The first-order valence-electron chi connectivity index (χ1n) is 9.94. The summed E-state index contributed by atoms with van der Waals surface area (Å²) in [5, 5.41) is 9.10. The van der Waals surface area contributed by atoms with E-state index in [1.54, 1.807) is 18.5 Å². The average Bonchev–Trinajstić information content (AvgIpc) is 3.25. The van der Waals surface area contributed by atoms with Crippen LogP contribution in [0.25, 0.3) is 17.1 Å². The number of nitrogens with two attached hydrogens (primary N) is 1. The molecule has 0 radical (unpaired) electrons. The number of benzene rings is 1. The van der Waals surface area contributed by atoms with Crippen LogP contribution in [-0.4, -0.2) is 40.4 Å². The SMILES string of the molecule is Cc1ccccc1-n1c(SCC(=O)c2c(N)n(C)c(=O)n(C)c2=O)nnc1-c1cccnc1. The van der Waals surface area contributed by atoms with Crippen LogP contribution in [0, 0.1) is 6.92 Å². The molecule has 10 nitrogen and oxygen atoms in total. The number of Topliss-reactive ketones (excluding diaryl/α,β-unsaturated/α-hetero) is 1. The predicted molar refractivity (Wildman–Crippen MR) is 126 cm³/mol. The zero-order valence-electron chi connectivity index (χ0n) is 18.2. The molecular weight excluding hydrogens is 442 g/mol. The highest BCUT2D eigenvalue weighted by Crippen LogP contribution is 2.29. The van der Waals surface area contributed by atoms with Gasteiger partial charge in [0.2, 0.25) is 0 Å². The lowest BCUT2D eigenvalue weighted by molar-refractivity contribution is 0.102. The topological polar surface area (TPSA) is 131 Å². The van der Waals surface area contributed by atoms with Gasteiger partial charge in [0.1, 0.15) is 11.4 Å². The highest BCUT2D eigenvalue weighted by molar-refractivity contribution is 7.99. The fourth-order valence-electron chi connectivity index (χ4n) is 3.40. The van der Waals surface area contributed by atoms with Gasteiger partial charge >= 0.3 is 5.69 Å². The molecular formula is C22H21N7O3S. The summed E-state index contributed by atoms with van der Waals surface area (Å²) in [7, 11) is 2.72. The van der Waals surface area contributed by atoms with Crippen LogP contribution in [0.15, 0.2) is 63.5 Å². The Morgan fingerprint density at radius 2 is 1.82 bits per heavy atom. The first-order chi connectivity index (χ1) is 15.8. The molecule has 0 spiro atoms. The Kier molecular flexibility index (Phi) is 5.97. The van der Waals surface area contributed by atoms with Gasteiger partial charge in [-0.25, -0.2) is 4.79 Å². The van der Waals surface area contributed by atoms with E-state index in [-0.39, 0.29) is 17.1 Å². The second-order valence-corrected chi connectivity index (χ2v) is 8.29. The molecule has 0 fully saturated rings. The van der Waals surface area contributed by atoms with Crippen LogP contribution in [0.3, 0.4) is 0 Å². The largest absolute Gasteiger partial charge is 0.384 e. The minimum atomic E-state index is -0.724. The van der Waals surface area contributed by atoms with E-state index in [4.69, 9.17) is 5.73 Å². The summed E-state index contributed by atoms with van der Waals surface area (Å²) in [4.78, 5) is 41.7. The Morgan fingerprint density at radius 3 is 2.52 bits per heavy atom. The van der Waals surface area contributed by atoms with Crippen molar-refractivity contribution < 1.29 is 4.79 Å². The van der Waals surface area contributed by atoms with Crippen LogP contribution in [0.2, 0.25) is 0 Å². The number of aromatic nitrogens is 6. The highest BCUT2D eigenvalue weighted by Gasteiger charge is 2.23. The summed E-state index contributed by atoms with van der Waals surface area (Å²) in [5.41, 5.74) is 7.00. The Hall–Kier alpha value is -3.99. The number of aryl methyl sites for hydroxylation is 1. The third-order valence-corrected chi connectivity index (χ3v) is 6.16. The molecule has 1 aromatic carbocycles. The summed E-state index contributed by atoms with van der Waals surface area (Å²) >= 11 is 1.13. The number of nitrogen functional groups attached to an aromatic ring is 1. The van der Waals surface area contributed by atoms with Gasteiger partial charge in [0.25, 0.3) is 5.56 Å². The van der Waals surface area contributed by atoms with Gasteiger partial charge in [-0.3, -0.25) is 28.3 Å². The van der Waals surface area contributed by atoms with Crippen molar-refractivity contribution in [2.45, 2.75) is 12.1 Å². The molecule has 168 valence electrons. The Balaban J connectivity index is 1.74. The zero-order chi connectivity index (χ0) is 23.7. The van der Waals surface area contributed by atoms with Gasteiger partial charge in [-0.15, -0.1) is 10.2 Å². The number of hydrogen-bond donors (Lipinski definition) is 1. The van der Waals surface area contributed by atoms with Crippen LogP contribution >= 0.6 is 11.8 Å². The fraction of sp³-hybridized carbons (Fsp3) is 0.182. The molecule has 2 N–H and O–H groups in total. The van der Waals surface area contributed by atoms with E-state index >= 15 is 0 Å². The van der Waals surface area contributed by atoms with Crippen molar-refractivity contribution in [1.29, 1.82) is 0 Å². The van der Waals surface area contributed by atoms with Gasteiger partial charge in [0.15, 0.2) is 16.8 Å². The summed E-state index contributed by atoms with van der Waals surface area (Å²) in [6.07, 6.45) is 3.36. The third-order valence-electron chi connectivity index (χ3n) is 5.23. The standard InChI is InChI=1S/C22H21N7O3S/c1-13-7-4-5-9-15(13)29-19(14-8-6-10-24-11-14)25-26-21(29)33-12-16(30)17-18(23)27(2)22(32)28(3)20(17)31/h4-11H,12,23H2,1-3H3. The van der Waals surface area contributed by atoms with E-state index in [1.165, 1.54) is 14.1 Å². The molecule has 33 heavy (non-hydrogen) atoms. The van der Waals surface area contributed by atoms with Crippen molar-refractivity contribution >= 4 is 23.4 Å². The van der Waals surface area contributed by atoms with Gasteiger partial charge in [-0.1, -0.05) is 30.0 Å². The fourth-order valence-corrected chi connectivity index (χ4v) is 4.22.